The van der Waals surface area contributed by atoms with Crippen LogP contribution in [0.3, 0.4) is 0 Å². The van der Waals surface area contributed by atoms with Crippen molar-refractivity contribution in [3.63, 3.8) is 0 Å². The number of hydrogen-bond acceptors (Lipinski definition) is 4. The fraction of sp³-hybridized carbons (Fsp3) is 0.238. The Labute approximate surface area is 170 Å². The molecule has 1 atom stereocenters. The van der Waals surface area contributed by atoms with Crippen LogP contribution in [-0.4, -0.2) is 20.2 Å². The summed E-state index contributed by atoms with van der Waals surface area (Å²) in [7, 11) is -3.79. The molecule has 2 aromatic carbocycles. The number of rotatable bonds is 6. The molecule has 0 saturated carbocycles. The van der Waals surface area contributed by atoms with Crippen molar-refractivity contribution in [3.8, 4) is 0 Å². The second-order valence-corrected chi connectivity index (χ2v) is 8.53. The standard InChI is InChI=1S/C21H23N3O4S/c25-20(17-10-5-2-6-11-17)23-24-21(26)18-12-7-13-19(14-18)29(27,28)22-15-16-8-3-1-4-9-16/h1-5,7-9,12-14,17,22H,6,10-11,15H2,(H,23,25)(H,24,26). The Kier molecular flexibility index (Phi) is 6.79. The number of benzene rings is 2. The van der Waals surface area contributed by atoms with Crippen LogP contribution >= 0.6 is 0 Å². The van der Waals surface area contributed by atoms with Crippen molar-refractivity contribution < 1.29 is 18.0 Å². The van der Waals surface area contributed by atoms with Crippen LogP contribution in [0.5, 0.6) is 0 Å². The van der Waals surface area contributed by atoms with Crippen molar-refractivity contribution in [2.24, 2.45) is 5.92 Å². The molecule has 29 heavy (non-hydrogen) atoms. The zero-order chi connectivity index (χ0) is 20.7. The summed E-state index contributed by atoms with van der Waals surface area (Å²) < 4.78 is 27.6. The average Bonchev–Trinajstić information content (AvgIpc) is 2.77. The van der Waals surface area contributed by atoms with Gasteiger partial charge in [-0.2, -0.15) is 0 Å². The van der Waals surface area contributed by atoms with Gasteiger partial charge < -0.3 is 0 Å². The third-order valence-corrected chi connectivity index (χ3v) is 6.05. The topological polar surface area (TPSA) is 104 Å². The number of nitrogens with one attached hydrogen (secondary N) is 3. The minimum atomic E-state index is -3.79. The number of hydrogen-bond donors (Lipinski definition) is 3. The number of amides is 2. The molecule has 1 unspecified atom stereocenters. The average molecular weight is 413 g/mol. The summed E-state index contributed by atoms with van der Waals surface area (Å²) >= 11 is 0. The summed E-state index contributed by atoms with van der Waals surface area (Å²) in [4.78, 5) is 24.4. The fourth-order valence-electron chi connectivity index (χ4n) is 2.99. The molecular weight excluding hydrogens is 390 g/mol. The van der Waals surface area contributed by atoms with E-state index in [4.69, 9.17) is 0 Å². The van der Waals surface area contributed by atoms with Gasteiger partial charge in [0.25, 0.3) is 5.91 Å². The van der Waals surface area contributed by atoms with Crippen LogP contribution in [-0.2, 0) is 21.4 Å². The maximum Gasteiger partial charge on any atom is 0.269 e. The van der Waals surface area contributed by atoms with E-state index in [0.717, 1.165) is 18.4 Å². The van der Waals surface area contributed by atoms with Crippen LogP contribution in [0.4, 0.5) is 0 Å². The van der Waals surface area contributed by atoms with Gasteiger partial charge in [0.05, 0.1) is 4.90 Å². The van der Waals surface area contributed by atoms with Crippen molar-refractivity contribution in [1.29, 1.82) is 0 Å². The maximum absolute atomic E-state index is 12.5. The molecule has 7 nitrogen and oxygen atoms in total. The zero-order valence-corrected chi connectivity index (χ0v) is 16.6. The summed E-state index contributed by atoms with van der Waals surface area (Å²) in [6.45, 7) is 0.144. The fourth-order valence-corrected chi connectivity index (χ4v) is 4.05. The highest BCUT2D eigenvalue weighted by Crippen LogP contribution is 2.18. The first-order valence-electron chi connectivity index (χ1n) is 9.34. The summed E-state index contributed by atoms with van der Waals surface area (Å²) in [6.07, 6.45) is 6.19. The van der Waals surface area contributed by atoms with Gasteiger partial charge in [0.15, 0.2) is 0 Å². The van der Waals surface area contributed by atoms with Crippen molar-refractivity contribution in [1.82, 2.24) is 15.6 Å². The Morgan fingerprint density at radius 1 is 0.966 bits per heavy atom. The molecule has 3 rings (SSSR count). The molecule has 152 valence electrons. The molecule has 0 aromatic heterocycles. The molecule has 8 heteroatoms. The van der Waals surface area contributed by atoms with E-state index in [9.17, 15) is 18.0 Å². The molecule has 0 bridgehead atoms. The van der Waals surface area contributed by atoms with Crippen molar-refractivity contribution >= 4 is 21.8 Å². The first kappa shape index (κ1) is 20.8. The second kappa shape index (κ2) is 9.49. The van der Waals surface area contributed by atoms with Crippen molar-refractivity contribution in [2.75, 3.05) is 0 Å². The third-order valence-electron chi connectivity index (χ3n) is 4.65. The van der Waals surface area contributed by atoms with Gasteiger partial charge in [0.2, 0.25) is 15.9 Å². The Bertz CT molecular complexity index is 1000. The Morgan fingerprint density at radius 3 is 2.48 bits per heavy atom. The van der Waals surface area contributed by atoms with Gasteiger partial charge >= 0.3 is 0 Å². The van der Waals surface area contributed by atoms with Crippen LogP contribution in [0.25, 0.3) is 0 Å². The highest BCUT2D eigenvalue weighted by molar-refractivity contribution is 7.89. The predicted octanol–water partition coefficient (Wildman–Crippen LogP) is 2.28. The molecule has 2 amide bonds. The van der Waals surface area contributed by atoms with Gasteiger partial charge in [0.1, 0.15) is 0 Å². The van der Waals surface area contributed by atoms with E-state index in [1.54, 1.807) is 0 Å². The quantitative estimate of drug-likeness (QED) is 0.499. The Morgan fingerprint density at radius 2 is 1.76 bits per heavy atom. The van der Waals surface area contributed by atoms with Crippen LogP contribution in [0.1, 0.15) is 35.2 Å². The van der Waals surface area contributed by atoms with Gasteiger partial charge in [-0.25, -0.2) is 13.1 Å². The highest BCUT2D eigenvalue weighted by atomic mass is 32.2. The van der Waals surface area contributed by atoms with Gasteiger partial charge in [-0.3, -0.25) is 20.4 Å². The summed E-state index contributed by atoms with van der Waals surface area (Å²) in [5.74, 6) is -1.00. The van der Waals surface area contributed by atoms with Crippen LogP contribution in [0.15, 0.2) is 71.6 Å². The van der Waals surface area contributed by atoms with E-state index in [1.165, 1.54) is 24.3 Å². The molecule has 0 aliphatic heterocycles. The van der Waals surface area contributed by atoms with E-state index in [1.807, 2.05) is 42.5 Å². The normalized spacial score (nSPS) is 16.2. The van der Waals surface area contributed by atoms with Crippen LogP contribution in [0.2, 0.25) is 0 Å². The van der Waals surface area contributed by atoms with Gasteiger partial charge in [-0.15, -0.1) is 0 Å². The minimum Gasteiger partial charge on any atom is -0.273 e. The lowest BCUT2D eigenvalue weighted by Gasteiger charge is -2.17. The molecule has 0 radical (unpaired) electrons. The number of hydrazine groups is 1. The summed E-state index contributed by atoms with van der Waals surface area (Å²) in [5, 5.41) is 0. The molecule has 0 heterocycles. The highest BCUT2D eigenvalue weighted by Gasteiger charge is 2.20. The molecule has 0 spiro atoms. The number of allylic oxidation sites excluding steroid dienone is 2. The number of carbonyl (C=O) groups is 2. The molecule has 0 fully saturated rings. The summed E-state index contributed by atoms with van der Waals surface area (Å²) in [6, 6.07) is 14.8. The van der Waals surface area contributed by atoms with E-state index < -0.39 is 15.9 Å². The first-order valence-corrected chi connectivity index (χ1v) is 10.8. The van der Waals surface area contributed by atoms with Crippen molar-refractivity contribution in [2.45, 2.75) is 30.7 Å². The number of sulfonamides is 1. The van der Waals surface area contributed by atoms with Crippen LogP contribution < -0.4 is 15.6 Å². The largest absolute Gasteiger partial charge is 0.273 e. The monoisotopic (exact) mass is 413 g/mol. The lowest BCUT2D eigenvalue weighted by molar-refractivity contribution is -0.126. The van der Waals surface area contributed by atoms with E-state index in [2.05, 4.69) is 15.6 Å². The smallest absolute Gasteiger partial charge is 0.269 e. The molecular formula is C21H23N3O4S. The third kappa shape index (κ3) is 5.75. The lowest BCUT2D eigenvalue weighted by atomic mass is 9.94. The van der Waals surface area contributed by atoms with E-state index in [0.29, 0.717) is 6.42 Å². The maximum atomic E-state index is 12.5. The van der Waals surface area contributed by atoms with Gasteiger partial charge in [0, 0.05) is 18.0 Å². The first-order chi connectivity index (χ1) is 14.0. The van der Waals surface area contributed by atoms with Gasteiger partial charge in [-0.1, -0.05) is 48.6 Å². The second-order valence-electron chi connectivity index (χ2n) is 6.76. The zero-order valence-electron chi connectivity index (χ0n) is 15.8. The Balaban J connectivity index is 1.61. The predicted molar refractivity (Wildman–Crippen MR) is 109 cm³/mol. The lowest BCUT2D eigenvalue weighted by Crippen LogP contribution is -2.44. The molecule has 2 aromatic rings. The SMILES string of the molecule is O=C(NNC(=O)C1CC=CCC1)c1cccc(S(=O)(=O)NCc2ccccc2)c1. The Hall–Kier alpha value is -2.97. The van der Waals surface area contributed by atoms with Gasteiger partial charge in [-0.05, 0) is 43.0 Å². The van der Waals surface area contributed by atoms with Crippen molar-refractivity contribution in [3.05, 3.63) is 77.9 Å². The van der Waals surface area contributed by atoms with Crippen LogP contribution in [0, 0.1) is 5.92 Å². The minimum absolute atomic E-state index is 0.0233. The molecule has 1 aliphatic carbocycles. The number of carbonyl (C=O) groups excluding carboxylic acids is 2. The molecule has 0 saturated heterocycles. The molecule has 3 N–H and O–H groups in total. The summed E-state index contributed by atoms with van der Waals surface area (Å²) in [5.41, 5.74) is 5.73. The van der Waals surface area contributed by atoms with E-state index in [-0.39, 0.29) is 28.8 Å². The molecule has 1 aliphatic rings. The van der Waals surface area contributed by atoms with E-state index >= 15 is 0 Å².